The summed E-state index contributed by atoms with van der Waals surface area (Å²) in [6.07, 6.45) is 3.97. The summed E-state index contributed by atoms with van der Waals surface area (Å²) in [6, 6.07) is 21.5. The molecule has 1 N–H and O–H groups in total. The van der Waals surface area contributed by atoms with Crippen molar-refractivity contribution in [3.05, 3.63) is 97.0 Å². The first-order chi connectivity index (χ1) is 15.7. The second-order valence-corrected chi connectivity index (χ2v) is 7.32. The van der Waals surface area contributed by atoms with Crippen LogP contribution in [-0.2, 0) is 11.2 Å². The molecular formula is C25H19FN4O2. The van der Waals surface area contributed by atoms with Crippen molar-refractivity contribution >= 4 is 22.6 Å². The van der Waals surface area contributed by atoms with E-state index in [0.717, 1.165) is 22.3 Å². The Labute approximate surface area is 183 Å². The minimum Gasteiger partial charge on any atom is -0.441 e. The van der Waals surface area contributed by atoms with Crippen molar-refractivity contribution in [1.82, 2.24) is 14.5 Å². The van der Waals surface area contributed by atoms with Crippen molar-refractivity contribution < 1.29 is 13.6 Å². The van der Waals surface area contributed by atoms with E-state index in [4.69, 9.17) is 4.42 Å². The highest BCUT2D eigenvalue weighted by Gasteiger charge is 2.10. The first kappa shape index (κ1) is 19.7. The van der Waals surface area contributed by atoms with Crippen molar-refractivity contribution in [2.75, 3.05) is 5.32 Å². The van der Waals surface area contributed by atoms with E-state index in [2.05, 4.69) is 15.3 Å². The average molecular weight is 426 g/mol. The van der Waals surface area contributed by atoms with Gasteiger partial charge in [-0.25, -0.2) is 14.4 Å². The molecule has 2 aromatic heterocycles. The molecule has 32 heavy (non-hydrogen) atoms. The van der Waals surface area contributed by atoms with Crippen LogP contribution >= 0.6 is 0 Å². The van der Waals surface area contributed by atoms with Crippen LogP contribution in [0.25, 0.3) is 28.0 Å². The van der Waals surface area contributed by atoms with E-state index in [1.54, 1.807) is 24.7 Å². The summed E-state index contributed by atoms with van der Waals surface area (Å²) in [5, 5.41) is 2.89. The minimum atomic E-state index is -0.309. The molecule has 3 aromatic carbocycles. The number of nitrogens with one attached hydrogen (secondary N) is 1. The SMILES string of the molecule is O=C(CCc1ncc(-c2ccc(F)cc2)o1)Nc1ccc(-n2cnc3ccccc32)cc1. The molecule has 0 saturated carbocycles. The first-order valence-electron chi connectivity index (χ1n) is 10.2. The minimum absolute atomic E-state index is 0.132. The summed E-state index contributed by atoms with van der Waals surface area (Å²) in [7, 11) is 0. The van der Waals surface area contributed by atoms with Crippen LogP contribution < -0.4 is 5.32 Å². The van der Waals surface area contributed by atoms with E-state index in [9.17, 15) is 9.18 Å². The number of para-hydroxylation sites is 2. The number of fused-ring (bicyclic) bond motifs is 1. The predicted octanol–water partition coefficient (Wildman–Crippen LogP) is 5.39. The van der Waals surface area contributed by atoms with Crippen LogP contribution in [0.15, 0.2) is 89.7 Å². The molecule has 0 fully saturated rings. The highest BCUT2D eigenvalue weighted by Crippen LogP contribution is 2.22. The maximum absolute atomic E-state index is 13.1. The quantitative estimate of drug-likeness (QED) is 0.395. The topological polar surface area (TPSA) is 73.0 Å². The fraction of sp³-hybridized carbons (Fsp3) is 0.0800. The zero-order valence-electron chi connectivity index (χ0n) is 17.0. The van der Waals surface area contributed by atoms with Gasteiger partial charge in [0.2, 0.25) is 5.91 Å². The van der Waals surface area contributed by atoms with E-state index >= 15 is 0 Å². The number of imidazole rings is 1. The van der Waals surface area contributed by atoms with Gasteiger partial charge < -0.3 is 9.73 Å². The number of benzene rings is 3. The Morgan fingerprint density at radius 1 is 0.969 bits per heavy atom. The number of aryl methyl sites for hydroxylation is 1. The maximum Gasteiger partial charge on any atom is 0.224 e. The molecule has 0 aliphatic heterocycles. The van der Waals surface area contributed by atoms with Crippen LogP contribution in [0.2, 0.25) is 0 Å². The van der Waals surface area contributed by atoms with Crippen LogP contribution in [0.5, 0.6) is 0 Å². The van der Waals surface area contributed by atoms with E-state index < -0.39 is 0 Å². The van der Waals surface area contributed by atoms with Gasteiger partial charge in [0.25, 0.3) is 0 Å². The molecule has 0 aliphatic rings. The smallest absolute Gasteiger partial charge is 0.224 e. The molecule has 5 aromatic rings. The number of anilines is 1. The zero-order valence-corrected chi connectivity index (χ0v) is 17.0. The molecule has 0 unspecified atom stereocenters. The number of hydrogen-bond acceptors (Lipinski definition) is 4. The van der Waals surface area contributed by atoms with Crippen LogP contribution in [0, 0.1) is 5.82 Å². The number of oxazole rings is 1. The molecule has 0 radical (unpaired) electrons. The molecule has 0 atom stereocenters. The third-order valence-corrected chi connectivity index (χ3v) is 5.13. The summed E-state index contributed by atoms with van der Waals surface area (Å²) in [5.41, 5.74) is 4.36. The summed E-state index contributed by atoms with van der Waals surface area (Å²) < 4.78 is 20.7. The molecule has 1 amide bonds. The number of carbonyl (C=O) groups excluding carboxylic acids is 1. The standard InChI is InChI=1S/C25H19FN4O2/c26-18-7-5-17(6-8-18)23-15-27-25(32-23)14-13-24(31)29-19-9-11-20(12-10-19)30-16-28-21-3-1-2-4-22(21)30/h1-12,15-16H,13-14H2,(H,29,31). The number of halogens is 1. The summed E-state index contributed by atoms with van der Waals surface area (Å²) in [5.74, 6) is 0.564. The second-order valence-electron chi connectivity index (χ2n) is 7.32. The highest BCUT2D eigenvalue weighted by molar-refractivity contribution is 5.91. The van der Waals surface area contributed by atoms with E-state index in [0.29, 0.717) is 23.8 Å². The van der Waals surface area contributed by atoms with Gasteiger partial charge >= 0.3 is 0 Å². The lowest BCUT2D eigenvalue weighted by Crippen LogP contribution is -2.12. The third kappa shape index (κ3) is 4.13. The molecule has 5 rings (SSSR count). The molecule has 6 nitrogen and oxygen atoms in total. The fourth-order valence-corrected chi connectivity index (χ4v) is 3.49. The molecule has 0 saturated heterocycles. The van der Waals surface area contributed by atoms with Gasteiger partial charge in [-0.15, -0.1) is 0 Å². The highest BCUT2D eigenvalue weighted by atomic mass is 19.1. The number of aromatic nitrogens is 3. The lowest BCUT2D eigenvalue weighted by atomic mass is 10.2. The van der Waals surface area contributed by atoms with Gasteiger partial charge in [0.1, 0.15) is 12.1 Å². The van der Waals surface area contributed by atoms with Gasteiger partial charge in [-0.05, 0) is 60.7 Å². The molecule has 2 heterocycles. The summed E-state index contributed by atoms with van der Waals surface area (Å²) in [6.45, 7) is 0. The Morgan fingerprint density at radius 2 is 1.75 bits per heavy atom. The summed E-state index contributed by atoms with van der Waals surface area (Å²) in [4.78, 5) is 21.0. The summed E-state index contributed by atoms with van der Waals surface area (Å²) >= 11 is 0. The Morgan fingerprint density at radius 3 is 2.56 bits per heavy atom. The van der Waals surface area contributed by atoms with Gasteiger partial charge in [-0.3, -0.25) is 9.36 Å². The Kier molecular flexibility index (Phi) is 5.21. The maximum atomic E-state index is 13.1. The van der Waals surface area contributed by atoms with Crippen LogP contribution in [-0.4, -0.2) is 20.4 Å². The lowest BCUT2D eigenvalue weighted by molar-refractivity contribution is -0.116. The molecule has 0 bridgehead atoms. The van der Waals surface area contributed by atoms with Crippen LogP contribution in [0.4, 0.5) is 10.1 Å². The largest absolute Gasteiger partial charge is 0.441 e. The van der Waals surface area contributed by atoms with Crippen molar-refractivity contribution in [1.29, 1.82) is 0 Å². The Bertz CT molecular complexity index is 1370. The van der Waals surface area contributed by atoms with Crippen molar-refractivity contribution in [3.63, 3.8) is 0 Å². The number of nitrogens with zero attached hydrogens (tertiary/aromatic N) is 3. The normalized spacial score (nSPS) is 11.0. The number of amides is 1. The van der Waals surface area contributed by atoms with E-state index in [1.807, 2.05) is 53.1 Å². The van der Waals surface area contributed by atoms with E-state index in [-0.39, 0.29) is 18.1 Å². The van der Waals surface area contributed by atoms with Gasteiger partial charge in [-0.2, -0.15) is 0 Å². The third-order valence-electron chi connectivity index (χ3n) is 5.13. The van der Waals surface area contributed by atoms with Crippen LogP contribution in [0.3, 0.4) is 0 Å². The monoisotopic (exact) mass is 426 g/mol. The molecular weight excluding hydrogens is 407 g/mol. The van der Waals surface area contributed by atoms with Gasteiger partial charge in [0.05, 0.1) is 17.2 Å². The zero-order chi connectivity index (χ0) is 21.9. The first-order valence-corrected chi connectivity index (χ1v) is 10.2. The number of rotatable bonds is 6. The molecule has 0 spiro atoms. The van der Waals surface area contributed by atoms with Gasteiger partial charge in [0, 0.05) is 29.8 Å². The van der Waals surface area contributed by atoms with Crippen LogP contribution in [0.1, 0.15) is 12.3 Å². The second kappa shape index (κ2) is 8.47. The van der Waals surface area contributed by atoms with E-state index in [1.165, 1.54) is 12.1 Å². The fourth-order valence-electron chi connectivity index (χ4n) is 3.49. The Balaban J connectivity index is 1.19. The van der Waals surface area contributed by atoms with Gasteiger partial charge in [0.15, 0.2) is 11.7 Å². The predicted molar refractivity (Wildman–Crippen MR) is 120 cm³/mol. The molecule has 158 valence electrons. The van der Waals surface area contributed by atoms with Crippen molar-refractivity contribution in [2.45, 2.75) is 12.8 Å². The lowest BCUT2D eigenvalue weighted by Gasteiger charge is -2.07. The molecule has 7 heteroatoms. The van der Waals surface area contributed by atoms with Crippen molar-refractivity contribution in [3.8, 4) is 17.0 Å². The Hall–Kier alpha value is -4.26. The average Bonchev–Trinajstić information content (AvgIpc) is 3.46. The van der Waals surface area contributed by atoms with Crippen molar-refractivity contribution in [2.24, 2.45) is 0 Å². The van der Waals surface area contributed by atoms with Gasteiger partial charge in [-0.1, -0.05) is 12.1 Å². The molecule has 0 aliphatic carbocycles. The number of hydrogen-bond donors (Lipinski definition) is 1. The number of carbonyl (C=O) groups is 1.